The van der Waals surface area contributed by atoms with Crippen LogP contribution in [-0.2, 0) is 0 Å². The van der Waals surface area contributed by atoms with E-state index in [1.165, 1.54) is 6.33 Å². The maximum Gasteiger partial charge on any atom is 0.191 e. The molecule has 2 rings (SSSR count). The van der Waals surface area contributed by atoms with Crippen LogP contribution in [0, 0.1) is 5.82 Å². The zero-order valence-corrected chi connectivity index (χ0v) is 9.20. The number of nitrogens with two attached hydrogens (primary N) is 1. The van der Waals surface area contributed by atoms with Crippen molar-refractivity contribution < 1.29 is 4.39 Å². The fourth-order valence-corrected chi connectivity index (χ4v) is 1.70. The summed E-state index contributed by atoms with van der Waals surface area (Å²) in [6.07, 6.45) is 1.24. The van der Waals surface area contributed by atoms with Gasteiger partial charge in [-0.15, -0.1) is 0 Å². The van der Waals surface area contributed by atoms with Crippen molar-refractivity contribution in [1.29, 1.82) is 0 Å². The van der Waals surface area contributed by atoms with Crippen molar-refractivity contribution in [3.8, 4) is 11.3 Å². The Morgan fingerprint density at radius 2 is 1.93 bits per heavy atom. The highest BCUT2D eigenvalue weighted by molar-refractivity contribution is 9.10. The molecule has 1 aromatic heterocycles. The van der Waals surface area contributed by atoms with E-state index in [9.17, 15) is 4.39 Å². The van der Waals surface area contributed by atoms with Crippen LogP contribution in [0.15, 0.2) is 35.1 Å². The van der Waals surface area contributed by atoms with Crippen LogP contribution >= 0.6 is 15.9 Å². The Morgan fingerprint density at radius 1 is 1.20 bits per heavy atom. The standard InChI is InChI=1S/C10H7BrFN3/c11-7-4-2-1-3-6(7)9-8(12)10(13)15-5-14-9/h1-5H,(H2,13,14,15). The van der Waals surface area contributed by atoms with Crippen LogP contribution in [0.2, 0.25) is 0 Å². The van der Waals surface area contributed by atoms with E-state index in [2.05, 4.69) is 25.9 Å². The van der Waals surface area contributed by atoms with Gasteiger partial charge in [0.25, 0.3) is 0 Å². The summed E-state index contributed by atoms with van der Waals surface area (Å²) in [7, 11) is 0. The SMILES string of the molecule is Nc1ncnc(-c2ccccc2Br)c1F. The van der Waals surface area contributed by atoms with E-state index in [0.717, 1.165) is 4.47 Å². The van der Waals surface area contributed by atoms with Gasteiger partial charge in [0.15, 0.2) is 11.6 Å². The van der Waals surface area contributed by atoms with Gasteiger partial charge in [-0.3, -0.25) is 0 Å². The Kier molecular flexibility index (Phi) is 2.64. The predicted molar refractivity (Wildman–Crippen MR) is 59.5 cm³/mol. The fraction of sp³-hybridized carbons (Fsp3) is 0. The second kappa shape index (κ2) is 3.94. The van der Waals surface area contributed by atoms with Gasteiger partial charge in [0.1, 0.15) is 12.0 Å². The molecule has 0 aliphatic heterocycles. The van der Waals surface area contributed by atoms with Gasteiger partial charge < -0.3 is 5.73 Å². The number of benzene rings is 1. The van der Waals surface area contributed by atoms with E-state index in [0.29, 0.717) is 5.56 Å². The van der Waals surface area contributed by atoms with Crippen molar-refractivity contribution in [3.05, 3.63) is 40.9 Å². The smallest absolute Gasteiger partial charge is 0.191 e. The van der Waals surface area contributed by atoms with Crippen LogP contribution in [0.4, 0.5) is 10.2 Å². The molecular formula is C10H7BrFN3. The number of nitrogen functional groups attached to an aromatic ring is 1. The first-order valence-corrected chi connectivity index (χ1v) is 5.00. The molecule has 1 heterocycles. The van der Waals surface area contributed by atoms with Crippen molar-refractivity contribution in [2.24, 2.45) is 0 Å². The number of hydrogen-bond donors (Lipinski definition) is 1. The summed E-state index contributed by atoms with van der Waals surface area (Å²) in [5, 5.41) is 0. The summed E-state index contributed by atoms with van der Waals surface area (Å²) in [5.74, 6) is -0.736. The van der Waals surface area contributed by atoms with Gasteiger partial charge in [-0.25, -0.2) is 14.4 Å². The number of anilines is 1. The molecule has 1 aromatic carbocycles. The summed E-state index contributed by atoms with van der Waals surface area (Å²) in [6.45, 7) is 0. The third-order valence-corrected chi connectivity index (χ3v) is 2.64. The number of halogens is 2. The van der Waals surface area contributed by atoms with Crippen molar-refractivity contribution >= 4 is 21.7 Å². The summed E-state index contributed by atoms with van der Waals surface area (Å²) in [5.41, 5.74) is 6.23. The largest absolute Gasteiger partial charge is 0.381 e. The van der Waals surface area contributed by atoms with Gasteiger partial charge in [0, 0.05) is 10.0 Å². The maximum absolute atomic E-state index is 13.6. The minimum absolute atomic E-state index is 0.143. The third kappa shape index (κ3) is 1.83. The van der Waals surface area contributed by atoms with E-state index >= 15 is 0 Å². The summed E-state index contributed by atoms with van der Waals surface area (Å²) >= 11 is 3.32. The van der Waals surface area contributed by atoms with Gasteiger partial charge in [-0.2, -0.15) is 0 Å². The van der Waals surface area contributed by atoms with Crippen LogP contribution in [0.5, 0.6) is 0 Å². The molecule has 0 atom stereocenters. The average molecular weight is 268 g/mol. The number of rotatable bonds is 1. The highest BCUT2D eigenvalue weighted by Gasteiger charge is 2.12. The quantitative estimate of drug-likeness (QED) is 0.864. The first kappa shape index (κ1) is 10.0. The van der Waals surface area contributed by atoms with Crippen LogP contribution in [-0.4, -0.2) is 9.97 Å². The van der Waals surface area contributed by atoms with Gasteiger partial charge in [0.05, 0.1) is 0 Å². The van der Waals surface area contributed by atoms with Gasteiger partial charge in [0.2, 0.25) is 0 Å². The lowest BCUT2D eigenvalue weighted by Crippen LogP contribution is -1.99. The zero-order valence-electron chi connectivity index (χ0n) is 7.61. The summed E-state index contributed by atoms with van der Waals surface area (Å²) in [4.78, 5) is 7.44. The van der Waals surface area contributed by atoms with E-state index in [4.69, 9.17) is 5.73 Å². The molecule has 0 radical (unpaired) electrons. The molecule has 5 heteroatoms. The molecule has 0 aliphatic carbocycles. The normalized spacial score (nSPS) is 10.3. The highest BCUT2D eigenvalue weighted by atomic mass is 79.9. The molecule has 0 unspecified atom stereocenters. The third-order valence-electron chi connectivity index (χ3n) is 1.95. The van der Waals surface area contributed by atoms with Crippen molar-refractivity contribution in [2.45, 2.75) is 0 Å². The Labute approximate surface area is 94.3 Å². The Morgan fingerprint density at radius 3 is 2.67 bits per heavy atom. The lowest BCUT2D eigenvalue weighted by atomic mass is 10.1. The van der Waals surface area contributed by atoms with E-state index in [1.54, 1.807) is 12.1 Å². The molecule has 0 amide bonds. The monoisotopic (exact) mass is 267 g/mol. The van der Waals surface area contributed by atoms with Crippen molar-refractivity contribution in [3.63, 3.8) is 0 Å². The van der Waals surface area contributed by atoms with E-state index in [1.807, 2.05) is 12.1 Å². The lowest BCUT2D eigenvalue weighted by molar-refractivity contribution is 0.624. The molecule has 15 heavy (non-hydrogen) atoms. The second-order valence-corrected chi connectivity index (χ2v) is 3.76. The topological polar surface area (TPSA) is 51.8 Å². The van der Waals surface area contributed by atoms with Crippen molar-refractivity contribution in [2.75, 3.05) is 5.73 Å². The van der Waals surface area contributed by atoms with Gasteiger partial charge in [-0.1, -0.05) is 34.1 Å². The summed E-state index contributed by atoms with van der Waals surface area (Å²) < 4.78 is 14.4. The lowest BCUT2D eigenvalue weighted by Gasteiger charge is -2.05. The first-order chi connectivity index (χ1) is 7.20. The minimum atomic E-state index is -0.593. The molecule has 2 aromatic rings. The van der Waals surface area contributed by atoms with Crippen LogP contribution in [0.25, 0.3) is 11.3 Å². The number of hydrogen-bond acceptors (Lipinski definition) is 3. The molecule has 76 valence electrons. The Balaban J connectivity index is 2.65. The first-order valence-electron chi connectivity index (χ1n) is 4.21. The van der Waals surface area contributed by atoms with Crippen LogP contribution in [0.3, 0.4) is 0 Å². The number of nitrogens with zero attached hydrogens (tertiary/aromatic N) is 2. The van der Waals surface area contributed by atoms with E-state index in [-0.39, 0.29) is 11.5 Å². The Bertz CT molecular complexity index is 502. The Hall–Kier alpha value is -1.49. The summed E-state index contributed by atoms with van der Waals surface area (Å²) in [6, 6.07) is 7.22. The molecule has 0 saturated heterocycles. The fourth-order valence-electron chi connectivity index (χ4n) is 1.22. The number of aromatic nitrogens is 2. The van der Waals surface area contributed by atoms with Gasteiger partial charge >= 0.3 is 0 Å². The zero-order chi connectivity index (χ0) is 10.8. The van der Waals surface area contributed by atoms with E-state index < -0.39 is 5.82 Å². The van der Waals surface area contributed by atoms with Crippen LogP contribution < -0.4 is 5.73 Å². The molecule has 0 aliphatic rings. The molecular weight excluding hydrogens is 261 g/mol. The molecule has 0 spiro atoms. The maximum atomic E-state index is 13.6. The molecule has 0 fully saturated rings. The molecule has 2 N–H and O–H groups in total. The minimum Gasteiger partial charge on any atom is -0.381 e. The second-order valence-electron chi connectivity index (χ2n) is 2.90. The van der Waals surface area contributed by atoms with Crippen molar-refractivity contribution in [1.82, 2.24) is 9.97 Å². The molecule has 0 bridgehead atoms. The molecule has 0 saturated carbocycles. The van der Waals surface area contributed by atoms with Crippen LogP contribution in [0.1, 0.15) is 0 Å². The van der Waals surface area contributed by atoms with Gasteiger partial charge in [-0.05, 0) is 6.07 Å². The highest BCUT2D eigenvalue weighted by Crippen LogP contribution is 2.29. The average Bonchev–Trinajstić information content (AvgIpc) is 2.23. The molecule has 3 nitrogen and oxygen atoms in total. The predicted octanol–water partition coefficient (Wildman–Crippen LogP) is 2.63.